The van der Waals surface area contributed by atoms with E-state index in [1.807, 2.05) is 6.07 Å². The lowest BCUT2D eigenvalue weighted by molar-refractivity contribution is -0.384. The number of nitro benzene ring substituents is 1. The van der Waals surface area contributed by atoms with Crippen LogP contribution in [0.1, 0.15) is 15.2 Å². The van der Waals surface area contributed by atoms with Gasteiger partial charge in [0.2, 0.25) is 5.78 Å². The Balaban J connectivity index is 2.45. The molecule has 0 aliphatic heterocycles. The molecule has 0 fully saturated rings. The fraction of sp³-hybridized carbons (Fsp3) is 0.125. The van der Waals surface area contributed by atoms with Crippen LogP contribution in [0.2, 0.25) is 0 Å². The van der Waals surface area contributed by atoms with Gasteiger partial charge in [0.25, 0.3) is 5.69 Å². The van der Waals surface area contributed by atoms with Crippen molar-refractivity contribution in [3.63, 3.8) is 0 Å². The zero-order valence-electron chi connectivity index (χ0n) is 12.5. The van der Waals surface area contributed by atoms with E-state index in [-0.39, 0.29) is 17.0 Å². The standard InChI is InChI=1S/C16H13N3O3S/c1-18(2)13-6-5-11(9-14(13)19(21)22)8-12(10-17)16(20)15-4-3-7-23-15/h3-9H,1-2H3/b12-8+. The highest BCUT2D eigenvalue weighted by Gasteiger charge is 2.17. The summed E-state index contributed by atoms with van der Waals surface area (Å²) < 4.78 is 0. The van der Waals surface area contributed by atoms with Crippen molar-refractivity contribution in [2.75, 3.05) is 19.0 Å². The Labute approximate surface area is 137 Å². The van der Waals surface area contributed by atoms with Gasteiger partial charge in [-0.05, 0) is 29.2 Å². The summed E-state index contributed by atoms with van der Waals surface area (Å²) in [6.45, 7) is 0. The van der Waals surface area contributed by atoms with E-state index in [1.165, 1.54) is 23.5 Å². The van der Waals surface area contributed by atoms with Crippen molar-refractivity contribution in [2.45, 2.75) is 0 Å². The van der Waals surface area contributed by atoms with Crippen LogP contribution in [0.4, 0.5) is 11.4 Å². The molecule has 0 bridgehead atoms. The van der Waals surface area contributed by atoms with Gasteiger partial charge >= 0.3 is 0 Å². The average molecular weight is 327 g/mol. The van der Waals surface area contributed by atoms with Crippen LogP contribution in [0.25, 0.3) is 6.08 Å². The summed E-state index contributed by atoms with van der Waals surface area (Å²) in [6.07, 6.45) is 1.37. The van der Waals surface area contributed by atoms with E-state index in [0.717, 1.165) is 0 Å². The summed E-state index contributed by atoms with van der Waals surface area (Å²) in [4.78, 5) is 25.0. The second-order valence-corrected chi connectivity index (χ2v) is 5.82. The monoisotopic (exact) mass is 327 g/mol. The number of anilines is 1. The van der Waals surface area contributed by atoms with E-state index < -0.39 is 4.92 Å². The molecule has 0 N–H and O–H groups in total. The number of hydrogen-bond donors (Lipinski definition) is 0. The zero-order valence-corrected chi connectivity index (χ0v) is 13.3. The number of carbonyl (C=O) groups excluding carboxylic acids is 1. The lowest BCUT2D eigenvalue weighted by Crippen LogP contribution is -2.11. The van der Waals surface area contributed by atoms with Crippen molar-refractivity contribution in [3.05, 3.63) is 61.8 Å². The largest absolute Gasteiger partial charge is 0.372 e. The van der Waals surface area contributed by atoms with Gasteiger partial charge in [0.15, 0.2) is 0 Å². The van der Waals surface area contributed by atoms with Gasteiger partial charge in [0.1, 0.15) is 17.3 Å². The molecular formula is C16H13N3O3S. The van der Waals surface area contributed by atoms with Crippen LogP contribution in [0.5, 0.6) is 0 Å². The van der Waals surface area contributed by atoms with Crippen molar-refractivity contribution < 1.29 is 9.72 Å². The number of nitro groups is 1. The molecule has 0 saturated heterocycles. The molecule has 6 nitrogen and oxygen atoms in total. The van der Waals surface area contributed by atoms with Crippen molar-refractivity contribution in [1.82, 2.24) is 0 Å². The topological polar surface area (TPSA) is 87.2 Å². The number of nitrogens with zero attached hydrogens (tertiary/aromatic N) is 3. The molecular weight excluding hydrogens is 314 g/mol. The molecule has 1 aromatic carbocycles. The molecule has 1 aromatic heterocycles. The van der Waals surface area contributed by atoms with Gasteiger partial charge in [-0.1, -0.05) is 12.1 Å². The molecule has 0 aliphatic carbocycles. The fourth-order valence-electron chi connectivity index (χ4n) is 2.01. The third kappa shape index (κ3) is 3.62. The molecule has 0 atom stereocenters. The summed E-state index contributed by atoms with van der Waals surface area (Å²) >= 11 is 1.24. The molecule has 0 radical (unpaired) electrons. The molecule has 23 heavy (non-hydrogen) atoms. The van der Waals surface area contributed by atoms with Gasteiger partial charge in [-0.25, -0.2) is 0 Å². The number of carbonyl (C=O) groups is 1. The first kappa shape index (κ1) is 16.4. The van der Waals surface area contributed by atoms with Crippen LogP contribution in [0.15, 0.2) is 41.3 Å². The van der Waals surface area contributed by atoms with Crippen LogP contribution >= 0.6 is 11.3 Å². The first-order chi connectivity index (χ1) is 10.9. The van der Waals surface area contributed by atoms with Crippen LogP contribution in [0, 0.1) is 21.4 Å². The number of allylic oxidation sites excluding steroid dienone is 1. The van der Waals surface area contributed by atoms with E-state index in [0.29, 0.717) is 16.1 Å². The Bertz CT molecular complexity index is 818. The molecule has 0 amide bonds. The minimum atomic E-state index is -0.486. The van der Waals surface area contributed by atoms with E-state index in [2.05, 4.69) is 0 Å². The number of thiophene rings is 1. The Morgan fingerprint density at radius 1 is 1.39 bits per heavy atom. The summed E-state index contributed by atoms with van der Waals surface area (Å²) in [5.74, 6) is -0.387. The highest BCUT2D eigenvalue weighted by atomic mass is 32.1. The molecule has 0 spiro atoms. The van der Waals surface area contributed by atoms with Crippen molar-refractivity contribution >= 4 is 34.6 Å². The van der Waals surface area contributed by atoms with Gasteiger partial charge in [-0.15, -0.1) is 11.3 Å². The van der Waals surface area contributed by atoms with Gasteiger partial charge in [-0.2, -0.15) is 5.26 Å². The van der Waals surface area contributed by atoms with Crippen LogP contribution < -0.4 is 4.90 Å². The van der Waals surface area contributed by atoms with Gasteiger partial charge < -0.3 is 4.90 Å². The maximum atomic E-state index is 12.2. The number of hydrogen-bond acceptors (Lipinski definition) is 6. The second kappa shape index (κ2) is 6.85. The molecule has 2 rings (SSSR count). The number of nitriles is 1. The molecule has 2 aromatic rings. The maximum Gasteiger partial charge on any atom is 0.293 e. The van der Waals surface area contributed by atoms with Gasteiger partial charge in [0.05, 0.1) is 9.80 Å². The predicted molar refractivity (Wildman–Crippen MR) is 89.7 cm³/mol. The normalized spacial score (nSPS) is 10.9. The molecule has 0 unspecified atom stereocenters. The smallest absolute Gasteiger partial charge is 0.293 e. The molecule has 0 aliphatic rings. The summed E-state index contributed by atoms with van der Waals surface area (Å²) in [5.41, 5.74) is 0.753. The minimum Gasteiger partial charge on any atom is -0.372 e. The molecule has 1 heterocycles. The minimum absolute atomic E-state index is 0.0562. The summed E-state index contributed by atoms with van der Waals surface area (Å²) in [6, 6.07) is 9.81. The molecule has 116 valence electrons. The number of benzene rings is 1. The average Bonchev–Trinajstić information content (AvgIpc) is 3.05. The van der Waals surface area contributed by atoms with Crippen molar-refractivity contribution in [3.8, 4) is 6.07 Å². The Morgan fingerprint density at radius 2 is 2.13 bits per heavy atom. The zero-order chi connectivity index (χ0) is 17.0. The van der Waals surface area contributed by atoms with Crippen molar-refractivity contribution in [2.24, 2.45) is 0 Å². The SMILES string of the molecule is CN(C)c1ccc(/C=C(\C#N)C(=O)c2cccs2)cc1[N+](=O)[O-]. The van der Waals surface area contributed by atoms with E-state index in [9.17, 15) is 20.2 Å². The highest BCUT2D eigenvalue weighted by molar-refractivity contribution is 7.12. The Kier molecular flexibility index (Phi) is 4.88. The van der Waals surface area contributed by atoms with Gasteiger partial charge in [0, 0.05) is 20.2 Å². The summed E-state index contributed by atoms with van der Waals surface area (Å²) in [5, 5.41) is 22.1. The number of rotatable bonds is 5. The van der Waals surface area contributed by atoms with E-state index >= 15 is 0 Å². The van der Waals surface area contributed by atoms with Crippen LogP contribution in [-0.2, 0) is 0 Å². The lowest BCUT2D eigenvalue weighted by Gasteiger charge is -2.12. The third-order valence-corrected chi connectivity index (χ3v) is 3.97. The number of ketones is 1. The van der Waals surface area contributed by atoms with E-state index in [4.69, 9.17) is 0 Å². The fourth-order valence-corrected chi connectivity index (χ4v) is 2.69. The highest BCUT2D eigenvalue weighted by Crippen LogP contribution is 2.29. The van der Waals surface area contributed by atoms with Crippen LogP contribution in [0.3, 0.4) is 0 Å². The predicted octanol–water partition coefficient (Wildman–Crippen LogP) is 3.51. The van der Waals surface area contributed by atoms with Crippen LogP contribution in [-0.4, -0.2) is 24.8 Å². The molecule has 0 saturated carbocycles. The quantitative estimate of drug-likeness (QED) is 0.276. The number of Topliss-reactive ketones (excluding diaryl/α,β-unsaturated/α-hetero) is 1. The lowest BCUT2D eigenvalue weighted by atomic mass is 10.1. The van der Waals surface area contributed by atoms with E-state index in [1.54, 1.807) is 48.6 Å². The molecule has 7 heteroatoms. The Morgan fingerprint density at radius 3 is 2.65 bits per heavy atom. The van der Waals surface area contributed by atoms with Gasteiger partial charge in [-0.3, -0.25) is 14.9 Å². The third-order valence-electron chi connectivity index (χ3n) is 3.10. The first-order valence-electron chi connectivity index (χ1n) is 6.60. The first-order valence-corrected chi connectivity index (χ1v) is 7.47. The van der Waals surface area contributed by atoms with Crippen molar-refractivity contribution in [1.29, 1.82) is 5.26 Å². The maximum absolute atomic E-state index is 12.2. The summed E-state index contributed by atoms with van der Waals surface area (Å²) in [7, 11) is 3.41. The second-order valence-electron chi connectivity index (χ2n) is 4.88. The Hall–Kier alpha value is -2.98.